The van der Waals surface area contributed by atoms with Crippen molar-refractivity contribution in [3.8, 4) is 11.1 Å². The van der Waals surface area contributed by atoms with Crippen molar-refractivity contribution < 1.29 is 19.1 Å². The van der Waals surface area contributed by atoms with Crippen molar-refractivity contribution in [2.75, 3.05) is 26.7 Å². The summed E-state index contributed by atoms with van der Waals surface area (Å²) in [5.74, 6) is -0.561. The summed E-state index contributed by atoms with van der Waals surface area (Å²) in [6.07, 6.45) is 7.44. The number of nitrogens with zero attached hydrogens (tertiary/aromatic N) is 2. The van der Waals surface area contributed by atoms with Gasteiger partial charge in [0.2, 0.25) is 5.60 Å². The van der Waals surface area contributed by atoms with E-state index in [1.165, 1.54) is 5.56 Å². The second-order valence-electron chi connectivity index (χ2n) is 9.69. The Morgan fingerprint density at radius 2 is 1.79 bits per heavy atom. The van der Waals surface area contributed by atoms with E-state index in [0.717, 1.165) is 60.9 Å². The molecule has 1 fully saturated rings. The molecule has 3 aromatic rings. The van der Waals surface area contributed by atoms with Gasteiger partial charge < -0.3 is 14.3 Å². The largest absolute Gasteiger partial charge is 0.454 e. The Balaban J connectivity index is 1.29. The lowest BCUT2D eigenvalue weighted by Crippen LogP contribution is -2.55. The number of fused-ring (bicyclic) bond motifs is 3. The Kier molecular flexibility index (Phi) is 5.77. The number of piperidine rings is 1. The Bertz CT molecular complexity index is 1100. The molecule has 5 rings (SSSR count). The van der Waals surface area contributed by atoms with Gasteiger partial charge >= 0.3 is 5.97 Å². The minimum atomic E-state index is -1.76. The summed E-state index contributed by atoms with van der Waals surface area (Å²) >= 11 is 0. The number of likely N-dealkylation sites (tertiary alicyclic amines) is 1. The zero-order chi connectivity index (χ0) is 22.9. The van der Waals surface area contributed by atoms with Crippen molar-refractivity contribution in [3.63, 3.8) is 0 Å². The average Bonchev–Trinajstić information content (AvgIpc) is 3.10. The number of aryl methyl sites for hydroxylation is 1. The topological polar surface area (TPSA) is 59.4 Å². The summed E-state index contributed by atoms with van der Waals surface area (Å²) in [5.41, 5.74) is 2.51. The van der Waals surface area contributed by atoms with Crippen molar-refractivity contribution in [2.24, 2.45) is 0 Å². The van der Waals surface area contributed by atoms with Crippen LogP contribution in [0.2, 0.25) is 0 Å². The third-order valence-electron chi connectivity index (χ3n) is 7.25. The number of rotatable bonds is 6. The molecule has 2 atom stereocenters. The van der Waals surface area contributed by atoms with Gasteiger partial charge in [-0.2, -0.15) is 0 Å². The van der Waals surface area contributed by atoms with Crippen LogP contribution >= 0.6 is 0 Å². The summed E-state index contributed by atoms with van der Waals surface area (Å²) in [6, 6.07) is 19.3. The molecule has 2 aromatic carbocycles. The molecule has 5 heteroatoms. The first-order chi connectivity index (χ1) is 16.0. The number of likely N-dealkylation sites (N-methyl/N-ethyl adjacent to an activating group) is 1. The predicted molar refractivity (Wildman–Crippen MR) is 127 cm³/mol. The van der Waals surface area contributed by atoms with E-state index in [4.69, 9.17) is 4.74 Å². The molecule has 1 aliphatic carbocycles. The molecule has 0 saturated carbocycles. The van der Waals surface area contributed by atoms with Crippen LogP contribution in [0.1, 0.15) is 36.0 Å². The number of hydrogen-bond donors (Lipinski definition) is 1. The average molecular weight is 444 g/mol. The van der Waals surface area contributed by atoms with Crippen LogP contribution in [-0.4, -0.2) is 53.3 Å². The first-order valence-corrected chi connectivity index (χ1v) is 11.8. The fraction of sp³-hybridized carbons (Fsp3) is 0.357. The van der Waals surface area contributed by atoms with E-state index in [0.29, 0.717) is 11.1 Å². The van der Waals surface area contributed by atoms with Crippen LogP contribution in [0, 0.1) is 0 Å². The van der Waals surface area contributed by atoms with Gasteiger partial charge in [-0.25, -0.2) is 4.79 Å². The molecule has 1 aromatic heterocycles. The van der Waals surface area contributed by atoms with E-state index >= 15 is 0 Å². The maximum atomic E-state index is 13.5. The zero-order valence-corrected chi connectivity index (χ0v) is 19.1. The second kappa shape index (κ2) is 8.73. The van der Waals surface area contributed by atoms with Gasteiger partial charge in [-0.1, -0.05) is 54.6 Å². The molecule has 2 aliphatic rings. The lowest BCUT2D eigenvalue weighted by molar-refractivity contribution is -0.917. The number of hydrogen-bond acceptors (Lipinski definition) is 4. The molecule has 0 bridgehead atoms. The smallest absolute Gasteiger partial charge is 0.348 e. The number of quaternary nitrogens is 1. The van der Waals surface area contributed by atoms with E-state index in [1.807, 2.05) is 60.8 Å². The van der Waals surface area contributed by atoms with Gasteiger partial charge in [-0.15, -0.1) is 0 Å². The molecule has 1 N–H and O–H groups in total. The summed E-state index contributed by atoms with van der Waals surface area (Å²) in [6.45, 7) is 2.88. The SMILES string of the molecule is C[N+]1(CCCc2cccnc2)CCC[C@@H](OC(=O)C2(O)c3ccccc3-c3ccccc32)C1. The Morgan fingerprint density at radius 1 is 1.09 bits per heavy atom. The summed E-state index contributed by atoms with van der Waals surface area (Å²) < 4.78 is 6.92. The molecule has 5 nitrogen and oxygen atoms in total. The zero-order valence-electron chi connectivity index (χ0n) is 19.1. The molecular formula is C28H31N2O3+. The van der Waals surface area contributed by atoms with Gasteiger partial charge in [0, 0.05) is 36.4 Å². The molecule has 1 aliphatic heterocycles. The highest BCUT2D eigenvalue weighted by Crippen LogP contribution is 2.48. The predicted octanol–water partition coefficient (Wildman–Crippen LogP) is 4.08. The van der Waals surface area contributed by atoms with Gasteiger partial charge in [-0.3, -0.25) is 4.98 Å². The third kappa shape index (κ3) is 4.07. The van der Waals surface area contributed by atoms with E-state index < -0.39 is 11.6 Å². The van der Waals surface area contributed by atoms with Crippen LogP contribution in [0.25, 0.3) is 11.1 Å². The van der Waals surface area contributed by atoms with Crippen molar-refractivity contribution in [1.29, 1.82) is 0 Å². The van der Waals surface area contributed by atoms with Gasteiger partial charge in [0.25, 0.3) is 0 Å². The number of esters is 1. The van der Waals surface area contributed by atoms with Crippen LogP contribution in [0.3, 0.4) is 0 Å². The van der Waals surface area contributed by atoms with Crippen molar-refractivity contribution >= 4 is 5.97 Å². The second-order valence-corrected chi connectivity index (χ2v) is 9.69. The van der Waals surface area contributed by atoms with Crippen molar-refractivity contribution in [3.05, 3.63) is 89.7 Å². The van der Waals surface area contributed by atoms with Crippen LogP contribution in [0.15, 0.2) is 73.1 Å². The molecular weight excluding hydrogens is 412 g/mol. The molecule has 170 valence electrons. The minimum Gasteiger partial charge on any atom is -0.454 e. The quantitative estimate of drug-likeness (QED) is 0.461. The molecule has 2 heterocycles. The van der Waals surface area contributed by atoms with Crippen LogP contribution in [-0.2, 0) is 21.6 Å². The fourth-order valence-corrected chi connectivity index (χ4v) is 5.55. The van der Waals surface area contributed by atoms with E-state index in [-0.39, 0.29) is 6.10 Å². The first-order valence-electron chi connectivity index (χ1n) is 11.8. The molecule has 0 amide bonds. The van der Waals surface area contributed by atoms with E-state index in [1.54, 1.807) is 6.20 Å². The Hall–Kier alpha value is -3.02. The molecule has 33 heavy (non-hydrogen) atoms. The van der Waals surface area contributed by atoms with Crippen molar-refractivity contribution in [1.82, 2.24) is 4.98 Å². The molecule has 1 saturated heterocycles. The number of ether oxygens (including phenoxy) is 1. The monoisotopic (exact) mass is 443 g/mol. The van der Waals surface area contributed by atoms with Gasteiger partial charge in [0.15, 0.2) is 6.10 Å². The maximum absolute atomic E-state index is 13.5. The standard InChI is InChI=1S/C28H31N2O3/c1-30(17-7-10-21-9-6-16-29-19-21)18-8-11-22(20-30)33-27(31)28(32)25-14-4-2-12-23(25)24-13-3-5-15-26(24)28/h2-6,9,12-16,19,22,32H,7-8,10-11,17-18,20H2,1H3/q+1/t22-,30?/m1/s1. The van der Waals surface area contributed by atoms with E-state index in [2.05, 4.69) is 18.1 Å². The number of benzene rings is 2. The highest BCUT2D eigenvalue weighted by atomic mass is 16.6. The molecule has 0 radical (unpaired) electrons. The third-order valence-corrected chi connectivity index (χ3v) is 7.25. The summed E-state index contributed by atoms with van der Waals surface area (Å²) in [4.78, 5) is 17.7. The lowest BCUT2D eigenvalue weighted by atomic mass is 9.91. The molecule has 1 unspecified atom stereocenters. The van der Waals surface area contributed by atoms with Gasteiger partial charge in [0.05, 0.1) is 20.1 Å². The number of carbonyl (C=O) groups excluding carboxylic acids is 1. The number of carbonyl (C=O) groups is 1. The van der Waals surface area contributed by atoms with Crippen LogP contribution in [0.4, 0.5) is 0 Å². The molecule has 0 spiro atoms. The Labute approximate surface area is 195 Å². The maximum Gasteiger partial charge on any atom is 0.348 e. The first kappa shape index (κ1) is 21.8. The Morgan fingerprint density at radius 3 is 2.45 bits per heavy atom. The minimum absolute atomic E-state index is 0.196. The van der Waals surface area contributed by atoms with Crippen molar-refractivity contribution in [2.45, 2.75) is 37.4 Å². The number of aromatic nitrogens is 1. The highest BCUT2D eigenvalue weighted by molar-refractivity contribution is 5.96. The number of pyridine rings is 1. The van der Waals surface area contributed by atoms with Gasteiger partial charge in [-0.05, 0) is 35.6 Å². The van der Waals surface area contributed by atoms with E-state index in [9.17, 15) is 9.90 Å². The van der Waals surface area contributed by atoms with Gasteiger partial charge in [0.1, 0.15) is 6.54 Å². The van der Waals surface area contributed by atoms with Crippen LogP contribution < -0.4 is 0 Å². The summed E-state index contributed by atoms with van der Waals surface area (Å²) in [7, 11) is 2.25. The fourth-order valence-electron chi connectivity index (χ4n) is 5.55. The number of aliphatic hydroxyl groups is 1. The van der Waals surface area contributed by atoms with Crippen LogP contribution in [0.5, 0.6) is 0 Å². The normalized spacial score (nSPS) is 22.9. The summed E-state index contributed by atoms with van der Waals surface area (Å²) in [5, 5.41) is 11.7. The lowest BCUT2D eigenvalue weighted by Gasteiger charge is -2.41. The highest BCUT2D eigenvalue weighted by Gasteiger charge is 2.50.